The summed E-state index contributed by atoms with van der Waals surface area (Å²) in [5, 5.41) is 10.6. The molecular weight excluding hydrogens is 274 g/mol. The summed E-state index contributed by atoms with van der Waals surface area (Å²) in [6.45, 7) is 5.14. The molecule has 21 heavy (non-hydrogen) atoms. The molecule has 0 saturated carbocycles. The summed E-state index contributed by atoms with van der Waals surface area (Å²) in [4.78, 5) is 27.7. The molecule has 0 aliphatic carbocycles. The van der Waals surface area contributed by atoms with Crippen LogP contribution in [0.25, 0.3) is 0 Å². The number of pyridine rings is 1. The highest BCUT2D eigenvalue weighted by molar-refractivity contribution is 5.69. The molecule has 1 saturated heterocycles. The standard InChI is InChI=1S/C14H19N3O4/c1-3-13(18)21-14(2)6-8-16(9-7-14)12-5-4-11(10-15-12)17(19)20/h4-5,10H,3,6-9H2,1-2H3. The first-order valence-corrected chi connectivity index (χ1v) is 7.01. The van der Waals surface area contributed by atoms with Crippen LogP contribution < -0.4 is 4.90 Å². The lowest BCUT2D eigenvalue weighted by atomic mass is 9.93. The van der Waals surface area contributed by atoms with Crippen molar-refractivity contribution in [3.05, 3.63) is 28.4 Å². The molecule has 0 bridgehead atoms. The van der Waals surface area contributed by atoms with E-state index in [-0.39, 0.29) is 11.7 Å². The van der Waals surface area contributed by atoms with Crippen LogP contribution in [0, 0.1) is 10.1 Å². The van der Waals surface area contributed by atoms with Gasteiger partial charge >= 0.3 is 5.97 Å². The molecule has 2 heterocycles. The van der Waals surface area contributed by atoms with E-state index in [0.717, 1.165) is 12.8 Å². The average molecular weight is 293 g/mol. The Kier molecular flexibility index (Phi) is 4.40. The van der Waals surface area contributed by atoms with Gasteiger partial charge in [0.15, 0.2) is 0 Å². The number of anilines is 1. The lowest BCUT2D eigenvalue weighted by Gasteiger charge is -2.39. The quantitative estimate of drug-likeness (QED) is 0.481. The van der Waals surface area contributed by atoms with E-state index in [2.05, 4.69) is 4.98 Å². The largest absolute Gasteiger partial charge is 0.459 e. The minimum atomic E-state index is -0.464. The first kappa shape index (κ1) is 15.2. The second kappa shape index (κ2) is 6.07. The van der Waals surface area contributed by atoms with Crippen LogP contribution >= 0.6 is 0 Å². The van der Waals surface area contributed by atoms with Crippen molar-refractivity contribution in [2.75, 3.05) is 18.0 Å². The van der Waals surface area contributed by atoms with E-state index in [9.17, 15) is 14.9 Å². The molecule has 0 spiro atoms. The number of carbonyl (C=O) groups excluding carboxylic acids is 1. The van der Waals surface area contributed by atoms with Crippen LogP contribution in [-0.4, -0.2) is 34.6 Å². The Labute approximate surface area is 123 Å². The number of hydrogen-bond donors (Lipinski definition) is 0. The van der Waals surface area contributed by atoms with Gasteiger partial charge in [-0.2, -0.15) is 0 Å². The van der Waals surface area contributed by atoms with Gasteiger partial charge < -0.3 is 9.64 Å². The van der Waals surface area contributed by atoms with E-state index in [4.69, 9.17) is 4.74 Å². The highest BCUT2D eigenvalue weighted by atomic mass is 16.6. The Hall–Kier alpha value is -2.18. The summed E-state index contributed by atoms with van der Waals surface area (Å²) >= 11 is 0. The van der Waals surface area contributed by atoms with Gasteiger partial charge in [-0.3, -0.25) is 14.9 Å². The average Bonchev–Trinajstić information content (AvgIpc) is 2.47. The van der Waals surface area contributed by atoms with Crippen molar-refractivity contribution < 1.29 is 14.5 Å². The number of carbonyl (C=O) groups is 1. The predicted molar refractivity (Wildman–Crippen MR) is 77.1 cm³/mol. The highest BCUT2D eigenvalue weighted by Crippen LogP contribution is 2.29. The van der Waals surface area contributed by atoms with Gasteiger partial charge in [-0.15, -0.1) is 0 Å². The number of aromatic nitrogens is 1. The van der Waals surface area contributed by atoms with Gasteiger partial charge in [-0.05, 0) is 13.0 Å². The Balaban J connectivity index is 1.97. The number of ether oxygens (including phenoxy) is 1. The zero-order valence-electron chi connectivity index (χ0n) is 12.2. The molecule has 0 aromatic carbocycles. The number of nitro groups is 1. The van der Waals surface area contributed by atoms with Crippen molar-refractivity contribution >= 4 is 17.5 Å². The van der Waals surface area contributed by atoms with Crippen LogP contribution in [0.3, 0.4) is 0 Å². The van der Waals surface area contributed by atoms with Crippen molar-refractivity contribution in [3.63, 3.8) is 0 Å². The summed E-state index contributed by atoms with van der Waals surface area (Å²) < 4.78 is 5.49. The fourth-order valence-corrected chi connectivity index (χ4v) is 2.33. The molecule has 1 aliphatic rings. The third-order valence-electron chi connectivity index (χ3n) is 3.74. The van der Waals surface area contributed by atoms with E-state index < -0.39 is 10.5 Å². The lowest BCUT2D eigenvalue weighted by molar-refractivity contribution is -0.385. The van der Waals surface area contributed by atoms with E-state index in [1.807, 2.05) is 11.8 Å². The zero-order chi connectivity index (χ0) is 15.5. The molecule has 7 nitrogen and oxygen atoms in total. The Morgan fingerprint density at radius 2 is 2.14 bits per heavy atom. The molecule has 1 fully saturated rings. The topological polar surface area (TPSA) is 85.6 Å². The second-order valence-electron chi connectivity index (χ2n) is 5.40. The fourth-order valence-electron chi connectivity index (χ4n) is 2.33. The third-order valence-corrected chi connectivity index (χ3v) is 3.74. The van der Waals surface area contributed by atoms with Crippen LogP contribution in [-0.2, 0) is 9.53 Å². The van der Waals surface area contributed by atoms with E-state index in [1.54, 1.807) is 13.0 Å². The predicted octanol–water partition coefficient (Wildman–Crippen LogP) is 2.30. The van der Waals surface area contributed by atoms with Gasteiger partial charge in [-0.1, -0.05) is 6.92 Å². The zero-order valence-corrected chi connectivity index (χ0v) is 12.2. The number of hydrogen-bond acceptors (Lipinski definition) is 6. The minimum absolute atomic E-state index is 0.0162. The number of rotatable bonds is 4. The van der Waals surface area contributed by atoms with Crippen LogP contribution in [0.5, 0.6) is 0 Å². The number of piperidine rings is 1. The first-order valence-electron chi connectivity index (χ1n) is 7.01. The third kappa shape index (κ3) is 3.68. The normalized spacial score (nSPS) is 17.3. The van der Waals surface area contributed by atoms with Crippen LogP contribution in [0.1, 0.15) is 33.1 Å². The molecule has 0 radical (unpaired) electrons. The molecular formula is C14H19N3O4. The van der Waals surface area contributed by atoms with E-state index in [0.29, 0.717) is 25.3 Å². The van der Waals surface area contributed by atoms with Gasteiger partial charge in [0.2, 0.25) is 0 Å². The summed E-state index contributed by atoms with van der Waals surface area (Å²) in [5.74, 6) is 0.531. The summed E-state index contributed by atoms with van der Waals surface area (Å²) in [6.07, 6.45) is 3.08. The monoisotopic (exact) mass is 293 g/mol. The molecule has 0 N–H and O–H groups in total. The van der Waals surface area contributed by atoms with E-state index in [1.165, 1.54) is 12.3 Å². The Morgan fingerprint density at radius 3 is 2.62 bits per heavy atom. The van der Waals surface area contributed by atoms with Gasteiger partial charge in [0.25, 0.3) is 5.69 Å². The van der Waals surface area contributed by atoms with Crippen LogP contribution in [0.4, 0.5) is 11.5 Å². The van der Waals surface area contributed by atoms with Crippen molar-refractivity contribution in [3.8, 4) is 0 Å². The van der Waals surface area contributed by atoms with Gasteiger partial charge in [0.1, 0.15) is 17.6 Å². The van der Waals surface area contributed by atoms with E-state index >= 15 is 0 Å². The molecule has 0 amide bonds. The summed E-state index contributed by atoms with van der Waals surface area (Å²) in [7, 11) is 0. The maximum absolute atomic E-state index is 11.4. The fraction of sp³-hybridized carbons (Fsp3) is 0.571. The van der Waals surface area contributed by atoms with Crippen molar-refractivity contribution in [1.82, 2.24) is 4.98 Å². The van der Waals surface area contributed by atoms with Crippen molar-refractivity contribution in [2.45, 2.75) is 38.7 Å². The molecule has 1 aromatic heterocycles. The minimum Gasteiger partial charge on any atom is -0.459 e. The maximum atomic E-state index is 11.4. The van der Waals surface area contributed by atoms with Crippen molar-refractivity contribution in [1.29, 1.82) is 0 Å². The summed E-state index contributed by atoms with van der Waals surface area (Å²) in [5.41, 5.74) is -0.442. The van der Waals surface area contributed by atoms with Gasteiger partial charge in [0, 0.05) is 38.4 Å². The lowest BCUT2D eigenvalue weighted by Crippen LogP contribution is -2.45. The van der Waals surface area contributed by atoms with Crippen molar-refractivity contribution in [2.24, 2.45) is 0 Å². The molecule has 0 atom stereocenters. The molecule has 114 valence electrons. The Morgan fingerprint density at radius 1 is 1.48 bits per heavy atom. The molecule has 0 unspecified atom stereocenters. The first-order chi connectivity index (χ1) is 9.93. The smallest absolute Gasteiger partial charge is 0.306 e. The molecule has 1 aromatic rings. The van der Waals surface area contributed by atoms with Gasteiger partial charge in [-0.25, -0.2) is 4.98 Å². The molecule has 1 aliphatic heterocycles. The van der Waals surface area contributed by atoms with Crippen LogP contribution in [0.15, 0.2) is 18.3 Å². The highest BCUT2D eigenvalue weighted by Gasteiger charge is 2.33. The SMILES string of the molecule is CCC(=O)OC1(C)CCN(c2ccc([N+](=O)[O-])cn2)CC1. The summed E-state index contributed by atoms with van der Waals surface area (Å²) in [6, 6.07) is 3.10. The maximum Gasteiger partial charge on any atom is 0.306 e. The van der Waals surface area contributed by atoms with Crippen LogP contribution in [0.2, 0.25) is 0 Å². The Bertz CT molecular complexity index is 522. The molecule has 2 rings (SSSR count). The second-order valence-corrected chi connectivity index (χ2v) is 5.40. The molecule has 7 heteroatoms. The van der Waals surface area contributed by atoms with Gasteiger partial charge in [0.05, 0.1) is 4.92 Å². The number of esters is 1. The number of nitrogens with zero attached hydrogens (tertiary/aromatic N) is 3.